The monoisotopic (exact) mass is 365 g/mol. The van der Waals surface area contributed by atoms with Crippen LogP contribution in [0.4, 0.5) is 5.82 Å². The number of nitrogens with zero attached hydrogens (tertiary/aromatic N) is 5. The fourth-order valence-electron chi connectivity index (χ4n) is 4.10. The number of carbonyl (C=O) groups excluding carboxylic acids is 1. The van der Waals surface area contributed by atoms with Gasteiger partial charge in [0.2, 0.25) is 5.91 Å². The van der Waals surface area contributed by atoms with Gasteiger partial charge in [0.15, 0.2) is 0 Å². The molecule has 0 saturated carbocycles. The number of fused-ring (bicyclic) bond motifs is 1. The molecule has 0 unspecified atom stereocenters. The van der Waals surface area contributed by atoms with Crippen LogP contribution in [0.1, 0.15) is 22.5 Å². The van der Waals surface area contributed by atoms with Crippen LogP contribution in [-0.2, 0) is 17.8 Å². The van der Waals surface area contributed by atoms with Gasteiger partial charge in [-0.15, -0.1) is 0 Å². The molecule has 1 aromatic carbocycles. The molecule has 2 aromatic rings. The Labute approximate surface area is 160 Å². The van der Waals surface area contributed by atoms with Crippen molar-refractivity contribution in [2.75, 3.05) is 38.1 Å². The number of likely N-dealkylation sites (N-methyl/N-ethyl adjacent to an activating group) is 1. The second-order valence-electron chi connectivity index (χ2n) is 7.64. The molecule has 0 N–H and O–H groups in total. The number of benzene rings is 1. The Morgan fingerprint density at radius 1 is 1.07 bits per heavy atom. The molecule has 142 valence electrons. The molecule has 1 aromatic heterocycles. The van der Waals surface area contributed by atoms with E-state index in [1.807, 2.05) is 18.7 Å². The molecule has 6 nitrogen and oxygen atoms in total. The van der Waals surface area contributed by atoms with Crippen LogP contribution in [0.3, 0.4) is 0 Å². The number of amides is 1. The van der Waals surface area contributed by atoms with E-state index in [4.69, 9.17) is 0 Å². The number of hydrogen-bond acceptors (Lipinski definition) is 5. The van der Waals surface area contributed by atoms with Gasteiger partial charge in [-0.25, -0.2) is 4.98 Å². The van der Waals surface area contributed by atoms with Crippen molar-refractivity contribution in [1.82, 2.24) is 19.8 Å². The maximum Gasteiger partial charge on any atom is 0.240 e. The molecule has 0 aliphatic carbocycles. The highest BCUT2D eigenvalue weighted by atomic mass is 16.2. The van der Waals surface area contributed by atoms with Gasteiger partial charge in [-0.3, -0.25) is 14.7 Å². The average molecular weight is 365 g/mol. The molecule has 6 heteroatoms. The summed E-state index contributed by atoms with van der Waals surface area (Å²) in [6.07, 6.45) is 2.60. The van der Waals surface area contributed by atoms with E-state index in [1.54, 1.807) is 6.20 Å². The van der Waals surface area contributed by atoms with Crippen LogP contribution in [0, 0.1) is 13.8 Å². The minimum Gasteiger partial charge on any atom is -0.352 e. The molecular weight excluding hydrogens is 338 g/mol. The second-order valence-corrected chi connectivity index (χ2v) is 7.64. The number of anilines is 1. The van der Waals surface area contributed by atoms with E-state index < -0.39 is 0 Å². The van der Waals surface area contributed by atoms with Gasteiger partial charge >= 0.3 is 0 Å². The van der Waals surface area contributed by atoms with Crippen LogP contribution in [0.25, 0.3) is 0 Å². The van der Waals surface area contributed by atoms with Crippen molar-refractivity contribution in [2.45, 2.75) is 32.9 Å². The van der Waals surface area contributed by atoms with Gasteiger partial charge < -0.3 is 9.80 Å². The van der Waals surface area contributed by atoms with E-state index in [0.717, 1.165) is 56.4 Å². The van der Waals surface area contributed by atoms with Gasteiger partial charge in [0.25, 0.3) is 0 Å². The Bertz CT molecular complexity index is 844. The van der Waals surface area contributed by atoms with E-state index in [9.17, 15) is 4.79 Å². The number of carbonyl (C=O) groups is 1. The zero-order chi connectivity index (χ0) is 19.0. The fourth-order valence-corrected chi connectivity index (χ4v) is 4.10. The number of aromatic nitrogens is 2. The Balaban J connectivity index is 1.42. The van der Waals surface area contributed by atoms with Crippen molar-refractivity contribution in [1.29, 1.82) is 0 Å². The molecule has 1 atom stereocenters. The van der Waals surface area contributed by atoms with Gasteiger partial charge in [0.1, 0.15) is 5.82 Å². The summed E-state index contributed by atoms with van der Waals surface area (Å²) in [5.41, 5.74) is 4.52. The summed E-state index contributed by atoms with van der Waals surface area (Å²) in [4.78, 5) is 28.7. The van der Waals surface area contributed by atoms with Gasteiger partial charge in [-0.2, -0.15) is 0 Å². The summed E-state index contributed by atoms with van der Waals surface area (Å²) in [5, 5.41) is 0. The molecule has 1 amide bonds. The molecule has 0 bridgehead atoms. The summed E-state index contributed by atoms with van der Waals surface area (Å²) in [5.74, 6) is 1.20. The lowest BCUT2D eigenvalue weighted by Gasteiger charge is -2.40. The van der Waals surface area contributed by atoms with Gasteiger partial charge in [-0.05, 0) is 38.4 Å². The molecule has 1 fully saturated rings. The van der Waals surface area contributed by atoms with Crippen LogP contribution < -0.4 is 4.90 Å². The Kier molecular flexibility index (Phi) is 4.83. The highest BCUT2D eigenvalue weighted by Crippen LogP contribution is 2.24. The average Bonchev–Trinajstić information content (AvgIpc) is 2.69. The summed E-state index contributed by atoms with van der Waals surface area (Å²) in [6.45, 7) is 7.88. The lowest BCUT2D eigenvalue weighted by molar-refractivity contribution is -0.137. The minimum absolute atomic E-state index is 0.0630. The predicted octanol–water partition coefficient (Wildman–Crippen LogP) is 1.80. The SMILES string of the molecule is Cc1cnc(C)c(N2CCN(C(=O)[C@@H]3Cc4ccccc4CN3C)CC2)n1. The molecule has 27 heavy (non-hydrogen) atoms. The van der Waals surface area contributed by atoms with Crippen molar-refractivity contribution in [3.8, 4) is 0 Å². The fraction of sp³-hybridized carbons (Fsp3) is 0.476. The third-order valence-corrected chi connectivity index (χ3v) is 5.71. The molecule has 2 aliphatic heterocycles. The molecule has 1 saturated heterocycles. The zero-order valence-corrected chi connectivity index (χ0v) is 16.4. The first-order valence-electron chi connectivity index (χ1n) is 9.64. The quantitative estimate of drug-likeness (QED) is 0.812. The van der Waals surface area contributed by atoms with E-state index in [2.05, 4.69) is 51.1 Å². The molecule has 3 heterocycles. The van der Waals surface area contributed by atoms with E-state index in [-0.39, 0.29) is 11.9 Å². The standard InChI is InChI=1S/C21H27N5O/c1-15-13-22-16(2)20(23-15)25-8-10-26(11-9-25)21(27)19-12-17-6-4-5-7-18(17)14-24(19)3/h4-7,13,19H,8-12,14H2,1-3H3/t19-/m0/s1. The summed E-state index contributed by atoms with van der Waals surface area (Å²) >= 11 is 0. The Morgan fingerprint density at radius 2 is 1.78 bits per heavy atom. The number of hydrogen-bond donors (Lipinski definition) is 0. The topological polar surface area (TPSA) is 52.6 Å². The third-order valence-electron chi connectivity index (χ3n) is 5.71. The normalized spacial score (nSPS) is 20.5. The first kappa shape index (κ1) is 17.9. The molecular formula is C21H27N5O. The van der Waals surface area contributed by atoms with Crippen molar-refractivity contribution in [3.05, 3.63) is 53.0 Å². The summed E-state index contributed by atoms with van der Waals surface area (Å²) < 4.78 is 0. The largest absolute Gasteiger partial charge is 0.352 e. The van der Waals surface area contributed by atoms with E-state index in [1.165, 1.54) is 11.1 Å². The van der Waals surface area contributed by atoms with Gasteiger partial charge in [0, 0.05) is 38.9 Å². The maximum absolute atomic E-state index is 13.2. The van der Waals surface area contributed by atoms with Crippen molar-refractivity contribution < 1.29 is 4.79 Å². The number of rotatable bonds is 2. The lowest BCUT2D eigenvalue weighted by Crippen LogP contribution is -2.56. The third kappa shape index (κ3) is 3.54. The van der Waals surface area contributed by atoms with Crippen molar-refractivity contribution in [3.63, 3.8) is 0 Å². The zero-order valence-electron chi connectivity index (χ0n) is 16.4. The van der Waals surface area contributed by atoms with Gasteiger partial charge in [0.05, 0.1) is 17.4 Å². The lowest BCUT2D eigenvalue weighted by atomic mass is 9.93. The van der Waals surface area contributed by atoms with Crippen LogP contribution in [0.5, 0.6) is 0 Å². The smallest absolute Gasteiger partial charge is 0.240 e. The first-order chi connectivity index (χ1) is 13.0. The van der Waals surface area contributed by atoms with Crippen LogP contribution in [0.2, 0.25) is 0 Å². The number of aryl methyl sites for hydroxylation is 2. The molecule has 0 spiro atoms. The highest BCUT2D eigenvalue weighted by Gasteiger charge is 2.33. The Morgan fingerprint density at radius 3 is 2.52 bits per heavy atom. The van der Waals surface area contributed by atoms with Crippen LogP contribution >= 0.6 is 0 Å². The van der Waals surface area contributed by atoms with Crippen molar-refractivity contribution >= 4 is 11.7 Å². The predicted molar refractivity (Wildman–Crippen MR) is 106 cm³/mol. The van der Waals surface area contributed by atoms with Crippen molar-refractivity contribution in [2.24, 2.45) is 0 Å². The molecule has 4 rings (SSSR count). The summed E-state index contributed by atoms with van der Waals surface area (Å²) in [6, 6.07) is 8.39. The summed E-state index contributed by atoms with van der Waals surface area (Å²) in [7, 11) is 2.06. The van der Waals surface area contributed by atoms with Gasteiger partial charge in [-0.1, -0.05) is 24.3 Å². The highest BCUT2D eigenvalue weighted by molar-refractivity contribution is 5.83. The number of piperazine rings is 1. The molecule has 0 radical (unpaired) electrons. The second kappa shape index (κ2) is 7.27. The minimum atomic E-state index is -0.0630. The first-order valence-corrected chi connectivity index (χ1v) is 9.64. The van der Waals surface area contributed by atoms with E-state index >= 15 is 0 Å². The Hall–Kier alpha value is -2.47. The molecule has 2 aliphatic rings. The van der Waals surface area contributed by atoms with Crippen LogP contribution in [0.15, 0.2) is 30.5 Å². The van der Waals surface area contributed by atoms with Crippen LogP contribution in [-0.4, -0.2) is 64.9 Å². The van der Waals surface area contributed by atoms with E-state index in [0.29, 0.717) is 0 Å². The maximum atomic E-state index is 13.2.